The van der Waals surface area contributed by atoms with E-state index in [1.165, 1.54) is 0 Å². The molecule has 0 aliphatic carbocycles. The molecule has 88 valence electrons. The number of aliphatic carboxylic acids is 1. The minimum absolute atomic E-state index is 0. The van der Waals surface area contributed by atoms with Gasteiger partial charge in [0.2, 0.25) is 0 Å². The van der Waals surface area contributed by atoms with Crippen LogP contribution in [0, 0.1) is 5.92 Å². The molecule has 0 amide bonds. The zero-order valence-electron chi connectivity index (χ0n) is 9.50. The molecular formula is C8H14BF3KNO2. The SMILES string of the molecule is C[C@@H]1CCN(C[B-](F)(F)F)[C@@H](C(=O)O)C1.[K+]. The predicted octanol–water partition coefficient (Wildman–Crippen LogP) is -1.44. The van der Waals surface area contributed by atoms with Gasteiger partial charge in [-0.15, -0.1) is 0 Å². The summed E-state index contributed by atoms with van der Waals surface area (Å²) in [5.74, 6) is -0.968. The van der Waals surface area contributed by atoms with Gasteiger partial charge in [-0.1, -0.05) is 6.92 Å². The van der Waals surface area contributed by atoms with Crippen molar-refractivity contribution in [3.05, 3.63) is 0 Å². The van der Waals surface area contributed by atoms with Crippen LogP contribution in [-0.4, -0.2) is 42.0 Å². The molecule has 3 nitrogen and oxygen atoms in total. The molecule has 0 aromatic heterocycles. The molecule has 1 saturated heterocycles. The van der Waals surface area contributed by atoms with Gasteiger partial charge in [0.05, 0.1) is 0 Å². The van der Waals surface area contributed by atoms with E-state index >= 15 is 0 Å². The molecule has 0 aromatic rings. The fourth-order valence-electron chi connectivity index (χ4n) is 1.93. The van der Waals surface area contributed by atoms with E-state index in [9.17, 15) is 17.7 Å². The van der Waals surface area contributed by atoms with Gasteiger partial charge in [-0.2, -0.15) is 0 Å². The zero-order chi connectivity index (χ0) is 11.6. The van der Waals surface area contributed by atoms with Gasteiger partial charge < -0.3 is 23.0 Å². The molecule has 2 atom stereocenters. The van der Waals surface area contributed by atoms with E-state index in [0.717, 1.165) is 4.90 Å². The molecule has 1 aliphatic heterocycles. The number of piperidine rings is 1. The van der Waals surface area contributed by atoms with Crippen LogP contribution in [0.5, 0.6) is 0 Å². The van der Waals surface area contributed by atoms with E-state index in [0.29, 0.717) is 12.8 Å². The third-order valence-corrected chi connectivity index (χ3v) is 2.70. The van der Waals surface area contributed by atoms with E-state index in [2.05, 4.69) is 0 Å². The molecule has 1 aliphatic rings. The molecule has 8 heteroatoms. The molecule has 0 saturated carbocycles. The van der Waals surface area contributed by atoms with E-state index in [1.54, 1.807) is 0 Å². The molecule has 0 spiro atoms. The van der Waals surface area contributed by atoms with Crippen LogP contribution in [0.1, 0.15) is 19.8 Å². The second-order valence-corrected chi connectivity index (χ2v) is 4.19. The number of nitrogens with zero attached hydrogens (tertiary/aromatic N) is 1. The first-order chi connectivity index (χ1) is 6.79. The van der Waals surface area contributed by atoms with E-state index in [4.69, 9.17) is 5.11 Å². The number of rotatable bonds is 3. The Morgan fingerprint density at radius 3 is 2.50 bits per heavy atom. The summed E-state index contributed by atoms with van der Waals surface area (Å²) < 4.78 is 36.6. The van der Waals surface area contributed by atoms with Gasteiger partial charge in [-0.3, -0.25) is 4.79 Å². The van der Waals surface area contributed by atoms with Crippen molar-refractivity contribution >= 4 is 12.9 Å². The van der Waals surface area contributed by atoms with Crippen LogP contribution >= 0.6 is 0 Å². The summed E-state index contributed by atoms with van der Waals surface area (Å²) in [5.41, 5.74) is 0. The quantitative estimate of drug-likeness (QED) is 0.634. The maximum absolute atomic E-state index is 12.2. The van der Waals surface area contributed by atoms with Gasteiger partial charge in [0, 0.05) is 0 Å². The minimum atomic E-state index is -4.94. The van der Waals surface area contributed by atoms with Gasteiger partial charge in [0.1, 0.15) is 6.04 Å². The number of carboxylic acids is 1. The van der Waals surface area contributed by atoms with Crippen LogP contribution in [0.4, 0.5) is 12.9 Å². The smallest absolute Gasteiger partial charge is 0.480 e. The Hall–Kier alpha value is 0.921. The van der Waals surface area contributed by atoms with Crippen molar-refractivity contribution in [3.8, 4) is 0 Å². The summed E-state index contributed by atoms with van der Waals surface area (Å²) in [6, 6.07) is -0.975. The van der Waals surface area contributed by atoms with Crippen LogP contribution in [0.3, 0.4) is 0 Å². The largest absolute Gasteiger partial charge is 1.00 e. The van der Waals surface area contributed by atoms with Gasteiger partial charge in [-0.25, -0.2) is 0 Å². The maximum Gasteiger partial charge on any atom is 1.00 e. The molecule has 1 rings (SSSR count). The Labute approximate surface area is 135 Å². The molecule has 0 unspecified atom stereocenters. The van der Waals surface area contributed by atoms with Crippen LogP contribution < -0.4 is 51.4 Å². The third-order valence-electron chi connectivity index (χ3n) is 2.70. The molecule has 16 heavy (non-hydrogen) atoms. The van der Waals surface area contributed by atoms with E-state index in [1.807, 2.05) is 6.92 Å². The van der Waals surface area contributed by atoms with Crippen molar-refractivity contribution in [2.45, 2.75) is 25.8 Å². The first-order valence-corrected chi connectivity index (χ1v) is 4.97. The third kappa shape index (κ3) is 5.50. The van der Waals surface area contributed by atoms with Crippen molar-refractivity contribution in [3.63, 3.8) is 0 Å². The average molecular weight is 263 g/mol. The minimum Gasteiger partial charge on any atom is -0.480 e. The summed E-state index contributed by atoms with van der Waals surface area (Å²) >= 11 is 0. The summed E-state index contributed by atoms with van der Waals surface area (Å²) in [4.78, 5) is 11.8. The average Bonchev–Trinajstić information content (AvgIpc) is 2.05. The molecule has 1 N–H and O–H groups in total. The monoisotopic (exact) mass is 263 g/mol. The number of hydrogen-bond donors (Lipinski definition) is 1. The standard InChI is InChI=1S/C8H14BF3NO2.K/c1-6-2-3-13(5-9(10,11)12)7(4-6)8(14)15;/h6-7H,2-5H2,1H3,(H,14,15);/q-1;+1/t6-,7-;/m1./s1. The fraction of sp³-hybridized carbons (Fsp3) is 0.875. The van der Waals surface area contributed by atoms with Gasteiger partial charge in [0.25, 0.3) is 0 Å². The topological polar surface area (TPSA) is 40.5 Å². The van der Waals surface area contributed by atoms with Crippen molar-refractivity contribution in [1.82, 2.24) is 4.90 Å². The van der Waals surface area contributed by atoms with Crippen LogP contribution in [0.15, 0.2) is 0 Å². The van der Waals surface area contributed by atoms with Crippen LogP contribution in [-0.2, 0) is 4.79 Å². The van der Waals surface area contributed by atoms with Gasteiger partial charge >= 0.3 is 64.3 Å². The number of hydrogen-bond acceptors (Lipinski definition) is 2. The Morgan fingerprint density at radius 2 is 2.06 bits per heavy atom. The second kappa shape index (κ2) is 6.75. The molecule has 1 heterocycles. The predicted molar refractivity (Wildman–Crippen MR) is 50.5 cm³/mol. The first kappa shape index (κ1) is 16.9. The Balaban J connectivity index is 0.00000225. The fourth-order valence-corrected chi connectivity index (χ4v) is 1.93. The Kier molecular flexibility index (Phi) is 7.14. The maximum atomic E-state index is 12.2. The van der Waals surface area contributed by atoms with Crippen molar-refractivity contribution in [2.75, 3.05) is 13.0 Å². The Bertz CT molecular complexity index is 252. The van der Waals surface area contributed by atoms with E-state index in [-0.39, 0.29) is 63.8 Å². The van der Waals surface area contributed by atoms with Gasteiger partial charge in [-0.05, 0) is 31.7 Å². The summed E-state index contributed by atoms with van der Waals surface area (Å²) in [6.07, 6.45) is -0.124. The van der Waals surface area contributed by atoms with Crippen molar-refractivity contribution < 1.29 is 74.2 Å². The van der Waals surface area contributed by atoms with Gasteiger partial charge in [0.15, 0.2) is 0 Å². The number of halogens is 3. The molecule has 0 aromatic carbocycles. The van der Waals surface area contributed by atoms with Crippen LogP contribution in [0.25, 0.3) is 0 Å². The second-order valence-electron chi connectivity index (χ2n) is 4.19. The zero-order valence-corrected chi connectivity index (χ0v) is 12.6. The molecule has 0 radical (unpaired) electrons. The van der Waals surface area contributed by atoms with Crippen molar-refractivity contribution in [2.24, 2.45) is 5.92 Å². The number of carbonyl (C=O) groups is 1. The summed E-state index contributed by atoms with van der Waals surface area (Å²) in [7, 11) is 0. The first-order valence-electron chi connectivity index (χ1n) is 4.97. The molecule has 0 bridgehead atoms. The number of likely N-dealkylation sites (tertiary alicyclic amines) is 1. The summed E-state index contributed by atoms with van der Waals surface area (Å²) in [5, 5.41) is 8.82. The van der Waals surface area contributed by atoms with Crippen molar-refractivity contribution in [1.29, 1.82) is 0 Å². The Morgan fingerprint density at radius 1 is 1.50 bits per heavy atom. The molecule has 1 fully saturated rings. The number of carboxylic acid groups (broad SMARTS) is 1. The van der Waals surface area contributed by atoms with Crippen LogP contribution in [0.2, 0.25) is 0 Å². The summed E-state index contributed by atoms with van der Waals surface area (Å²) in [6.45, 7) is -2.85. The van der Waals surface area contributed by atoms with E-state index < -0.39 is 25.4 Å². The normalized spacial score (nSPS) is 27.2. The molecular weight excluding hydrogens is 249 g/mol.